The van der Waals surface area contributed by atoms with Crippen LogP contribution in [0.2, 0.25) is 0 Å². The van der Waals surface area contributed by atoms with Crippen molar-refractivity contribution >= 4 is 22.8 Å². The minimum absolute atomic E-state index is 0.284. The maximum absolute atomic E-state index is 4.66. The fraction of sp³-hybridized carbons (Fsp3) is 0.154. The summed E-state index contributed by atoms with van der Waals surface area (Å²) < 4.78 is 0. The number of H-pyrrole nitrogens is 1. The predicted octanol–water partition coefficient (Wildman–Crippen LogP) is 2.75. The topological polar surface area (TPSA) is 40.7 Å². The van der Waals surface area contributed by atoms with Crippen LogP contribution in [0.25, 0.3) is 11.0 Å². The number of imidazole rings is 1. The number of dihydropyridines is 1. The molecule has 0 fully saturated rings. The number of hydrogen-bond acceptors (Lipinski definition) is 3. The van der Waals surface area contributed by atoms with Crippen LogP contribution in [0.5, 0.6) is 0 Å². The first-order chi connectivity index (χ1) is 8.34. The Bertz CT molecular complexity index is 566. The molecule has 2 N–H and O–H groups in total. The molecule has 3 rings (SSSR count). The molecule has 1 aromatic carbocycles. The lowest BCUT2D eigenvalue weighted by atomic mass is 10.2. The molecule has 1 aliphatic rings. The highest BCUT2D eigenvalue weighted by molar-refractivity contribution is 7.99. The maximum Gasteiger partial charge on any atom is 0.161 e. The van der Waals surface area contributed by atoms with Gasteiger partial charge in [-0.3, -0.25) is 0 Å². The molecule has 1 atom stereocenters. The van der Waals surface area contributed by atoms with Crippen LogP contribution < -0.4 is 5.32 Å². The molecule has 1 unspecified atom stereocenters. The zero-order valence-electron chi connectivity index (χ0n) is 9.47. The van der Waals surface area contributed by atoms with Crippen LogP contribution >= 0.6 is 11.8 Å². The van der Waals surface area contributed by atoms with Gasteiger partial charge in [-0.15, -0.1) is 11.8 Å². The molecule has 3 nitrogen and oxygen atoms in total. The minimum Gasteiger partial charge on any atom is -0.367 e. The van der Waals surface area contributed by atoms with Gasteiger partial charge in [-0.1, -0.05) is 18.2 Å². The third kappa shape index (κ3) is 1.65. The van der Waals surface area contributed by atoms with E-state index in [0.29, 0.717) is 0 Å². The largest absolute Gasteiger partial charge is 0.367 e. The van der Waals surface area contributed by atoms with E-state index < -0.39 is 0 Å². The lowest BCUT2D eigenvalue weighted by molar-refractivity contribution is 0.644. The molecule has 0 saturated carbocycles. The highest BCUT2D eigenvalue weighted by atomic mass is 32.2. The second-order valence-corrected chi connectivity index (χ2v) is 4.96. The van der Waals surface area contributed by atoms with Crippen LogP contribution in [0.1, 0.15) is 5.82 Å². The molecular formula is C13H13N3S. The van der Waals surface area contributed by atoms with Crippen molar-refractivity contribution in [2.45, 2.75) is 4.87 Å². The molecule has 0 aliphatic carbocycles. The van der Waals surface area contributed by atoms with E-state index in [1.165, 1.54) is 0 Å². The molecule has 0 amide bonds. The quantitative estimate of drug-likeness (QED) is 0.852. The van der Waals surface area contributed by atoms with Crippen molar-refractivity contribution in [3.8, 4) is 0 Å². The Kier molecular flexibility index (Phi) is 2.44. The maximum atomic E-state index is 4.66. The lowest BCUT2D eigenvalue weighted by Crippen LogP contribution is -2.36. The fourth-order valence-corrected chi connectivity index (χ4v) is 2.66. The Balaban J connectivity index is 2.13. The normalized spacial score (nSPS) is 22.9. The van der Waals surface area contributed by atoms with Crippen molar-refractivity contribution in [1.82, 2.24) is 15.3 Å². The van der Waals surface area contributed by atoms with Gasteiger partial charge in [0.2, 0.25) is 0 Å². The molecule has 0 spiro atoms. The van der Waals surface area contributed by atoms with E-state index in [1.807, 2.05) is 42.6 Å². The average molecular weight is 243 g/mol. The molecule has 4 heteroatoms. The Labute approximate surface area is 104 Å². The Hall–Kier alpha value is -1.68. The SMILES string of the molecule is CSC1(c2nc3ccccc3[nH]2)C=CC=CN1. The lowest BCUT2D eigenvalue weighted by Gasteiger charge is -2.28. The van der Waals surface area contributed by atoms with Gasteiger partial charge in [-0.2, -0.15) is 0 Å². The summed E-state index contributed by atoms with van der Waals surface area (Å²) in [5.74, 6) is 0.937. The van der Waals surface area contributed by atoms with Gasteiger partial charge < -0.3 is 10.3 Å². The summed E-state index contributed by atoms with van der Waals surface area (Å²) in [4.78, 5) is 7.75. The van der Waals surface area contributed by atoms with E-state index in [1.54, 1.807) is 11.8 Å². The predicted molar refractivity (Wildman–Crippen MR) is 72.7 cm³/mol. The standard InChI is InChI=1S/C13H13N3S/c1-17-13(8-4-5-9-14-13)12-15-10-6-2-3-7-11(10)16-12/h2-9,14H,1H3,(H,15,16). The molecule has 0 bridgehead atoms. The van der Waals surface area contributed by atoms with Crippen LogP contribution in [-0.4, -0.2) is 16.2 Å². The van der Waals surface area contributed by atoms with Crippen LogP contribution in [0.4, 0.5) is 0 Å². The molecule has 2 aromatic rings. The summed E-state index contributed by atoms with van der Waals surface area (Å²) in [6.07, 6.45) is 10.2. The second-order valence-electron chi connectivity index (χ2n) is 3.90. The van der Waals surface area contributed by atoms with E-state index in [2.05, 4.69) is 27.6 Å². The number of nitrogens with zero attached hydrogens (tertiary/aromatic N) is 1. The van der Waals surface area contributed by atoms with Crippen molar-refractivity contribution in [2.75, 3.05) is 6.26 Å². The first-order valence-electron chi connectivity index (χ1n) is 5.46. The van der Waals surface area contributed by atoms with Crippen LogP contribution in [0.3, 0.4) is 0 Å². The zero-order valence-corrected chi connectivity index (χ0v) is 10.3. The van der Waals surface area contributed by atoms with Crippen LogP contribution in [0.15, 0.2) is 48.7 Å². The summed E-state index contributed by atoms with van der Waals surface area (Å²) in [6, 6.07) is 8.08. The summed E-state index contributed by atoms with van der Waals surface area (Å²) in [6.45, 7) is 0. The summed E-state index contributed by atoms with van der Waals surface area (Å²) in [5, 5.41) is 3.36. The second kappa shape index (κ2) is 3.96. The summed E-state index contributed by atoms with van der Waals surface area (Å²) >= 11 is 1.72. The molecule has 0 radical (unpaired) electrons. The Morgan fingerprint density at radius 3 is 2.82 bits per heavy atom. The fourth-order valence-electron chi connectivity index (χ4n) is 1.97. The van der Waals surface area contributed by atoms with Crippen LogP contribution in [-0.2, 0) is 4.87 Å². The Morgan fingerprint density at radius 2 is 2.12 bits per heavy atom. The first-order valence-corrected chi connectivity index (χ1v) is 6.69. The highest BCUT2D eigenvalue weighted by Crippen LogP contribution is 2.34. The van der Waals surface area contributed by atoms with E-state index in [-0.39, 0.29) is 4.87 Å². The number of aromatic nitrogens is 2. The number of fused-ring (bicyclic) bond motifs is 1. The van der Waals surface area contributed by atoms with Crippen molar-refractivity contribution in [2.24, 2.45) is 0 Å². The summed E-state index contributed by atoms with van der Waals surface area (Å²) in [5.41, 5.74) is 2.07. The molecule has 2 heterocycles. The van der Waals surface area contributed by atoms with Crippen molar-refractivity contribution in [3.63, 3.8) is 0 Å². The van der Waals surface area contributed by atoms with Crippen LogP contribution in [0, 0.1) is 0 Å². The first kappa shape index (κ1) is 10.5. The van der Waals surface area contributed by atoms with Gasteiger partial charge in [0.25, 0.3) is 0 Å². The molecule has 1 aromatic heterocycles. The zero-order chi connectivity index (χ0) is 11.7. The van der Waals surface area contributed by atoms with Gasteiger partial charge in [0.1, 0.15) is 5.82 Å². The van der Waals surface area contributed by atoms with Gasteiger partial charge >= 0.3 is 0 Å². The third-order valence-electron chi connectivity index (χ3n) is 2.90. The van der Waals surface area contributed by atoms with Crippen molar-refractivity contribution < 1.29 is 0 Å². The van der Waals surface area contributed by atoms with Gasteiger partial charge in [-0.05, 0) is 36.7 Å². The monoisotopic (exact) mass is 243 g/mol. The van der Waals surface area contributed by atoms with Crippen molar-refractivity contribution in [1.29, 1.82) is 0 Å². The van der Waals surface area contributed by atoms with E-state index in [9.17, 15) is 0 Å². The van der Waals surface area contributed by atoms with Crippen molar-refractivity contribution in [3.05, 3.63) is 54.5 Å². The van der Waals surface area contributed by atoms with Gasteiger partial charge in [-0.25, -0.2) is 4.98 Å². The van der Waals surface area contributed by atoms with Gasteiger partial charge in [0, 0.05) is 0 Å². The smallest absolute Gasteiger partial charge is 0.161 e. The number of benzene rings is 1. The Morgan fingerprint density at radius 1 is 1.24 bits per heavy atom. The number of aromatic amines is 1. The number of rotatable bonds is 2. The van der Waals surface area contributed by atoms with Gasteiger partial charge in [0.05, 0.1) is 11.0 Å². The molecule has 1 aliphatic heterocycles. The molecule has 86 valence electrons. The number of allylic oxidation sites excluding steroid dienone is 2. The third-order valence-corrected chi connectivity index (χ3v) is 3.99. The number of nitrogens with one attached hydrogen (secondary N) is 2. The van der Waals surface area contributed by atoms with E-state index in [4.69, 9.17) is 0 Å². The summed E-state index contributed by atoms with van der Waals surface area (Å²) in [7, 11) is 0. The molecule has 0 saturated heterocycles. The average Bonchev–Trinajstić information content (AvgIpc) is 2.84. The minimum atomic E-state index is -0.284. The molecular weight excluding hydrogens is 230 g/mol. The number of para-hydroxylation sites is 2. The number of thioether (sulfide) groups is 1. The highest BCUT2D eigenvalue weighted by Gasteiger charge is 2.31. The van der Waals surface area contributed by atoms with E-state index >= 15 is 0 Å². The van der Waals surface area contributed by atoms with Gasteiger partial charge in [0.15, 0.2) is 4.87 Å². The number of hydrogen-bond donors (Lipinski definition) is 2. The van der Waals surface area contributed by atoms with E-state index in [0.717, 1.165) is 16.9 Å². The molecule has 17 heavy (non-hydrogen) atoms.